The summed E-state index contributed by atoms with van der Waals surface area (Å²) in [5.41, 5.74) is 0. The minimum Gasteiger partial charge on any atom is -0.224 e. The van der Waals surface area contributed by atoms with E-state index in [0.717, 1.165) is 21.5 Å². The van der Waals surface area contributed by atoms with Crippen LogP contribution < -0.4 is 5.14 Å². The fraction of sp³-hybridized carbons (Fsp3) is 0.143. The van der Waals surface area contributed by atoms with Gasteiger partial charge in [-0.2, -0.15) is 0 Å². The van der Waals surface area contributed by atoms with Crippen LogP contribution >= 0.6 is 27.3 Å². The number of hydrogen-bond acceptors (Lipinski definition) is 3. The van der Waals surface area contributed by atoms with E-state index in [-0.39, 0.29) is 4.21 Å². The Kier molecular flexibility index (Phi) is 3.66. The number of thiophene rings is 1. The van der Waals surface area contributed by atoms with Crippen LogP contribution in [0.15, 0.2) is 22.4 Å². The summed E-state index contributed by atoms with van der Waals surface area (Å²) in [4.78, 5) is 0.878. The third-order valence-corrected chi connectivity index (χ3v) is 4.12. The van der Waals surface area contributed by atoms with Crippen LogP contribution in [0.3, 0.4) is 0 Å². The molecule has 1 rings (SSSR count). The average Bonchev–Trinajstić information content (AvgIpc) is 2.47. The van der Waals surface area contributed by atoms with Crippen molar-refractivity contribution in [2.45, 2.75) is 4.21 Å². The first kappa shape index (κ1) is 10.9. The van der Waals surface area contributed by atoms with Gasteiger partial charge < -0.3 is 0 Å². The predicted molar refractivity (Wildman–Crippen MR) is 58.5 cm³/mol. The lowest BCUT2D eigenvalue weighted by Crippen LogP contribution is -2.09. The summed E-state index contributed by atoms with van der Waals surface area (Å²) in [5.74, 6) is 0. The predicted octanol–water partition coefficient (Wildman–Crippen LogP) is 1.80. The average molecular weight is 282 g/mol. The lowest BCUT2D eigenvalue weighted by atomic mass is 10.4. The molecular formula is C7H8BrNO2S2. The fourth-order valence-corrected chi connectivity index (χ4v) is 2.60. The first-order valence-corrected chi connectivity index (χ1v) is 6.87. The van der Waals surface area contributed by atoms with Crippen LogP contribution in [0.1, 0.15) is 4.88 Å². The molecule has 0 unspecified atom stereocenters. The smallest absolute Gasteiger partial charge is 0.224 e. The third-order valence-electron chi connectivity index (χ3n) is 1.25. The molecule has 0 aliphatic carbocycles. The Morgan fingerprint density at radius 1 is 1.54 bits per heavy atom. The lowest BCUT2D eigenvalue weighted by Gasteiger charge is -1.88. The molecule has 1 heterocycles. The molecule has 0 fully saturated rings. The van der Waals surface area contributed by atoms with E-state index in [1.54, 1.807) is 6.07 Å². The van der Waals surface area contributed by atoms with E-state index in [1.807, 2.05) is 12.2 Å². The zero-order valence-corrected chi connectivity index (χ0v) is 9.82. The van der Waals surface area contributed by atoms with E-state index >= 15 is 0 Å². The van der Waals surface area contributed by atoms with Gasteiger partial charge in [-0.1, -0.05) is 22.0 Å². The highest BCUT2D eigenvalue weighted by molar-refractivity contribution is 9.09. The summed E-state index contributed by atoms with van der Waals surface area (Å²) in [5, 5.41) is 5.69. The van der Waals surface area contributed by atoms with Gasteiger partial charge in [0.2, 0.25) is 10.0 Å². The normalized spacial score (nSPS) is 12.5. The van der Waals surface area contributed by atoms with Crippen molar-refractivity contribution in [3.8, 4) is 0 Å². The number of nitrogens with two attached hydrogens (primary N) is 1. The van der Waals surface area contributed by atoms with Gasteiger partial charge in [-0.05, 0) is 18.2 Å². The van der Waals surface area contributed by atoms with E-state index in [4.69, 9.17) is 5.14 Å². The summed E-state index contributed by atoms with van der Waals surface area (Å²) in [6.07, 6.45) is 3.73. The fourth-order valence-electron chi connectivity index (χ4n) is 0.738. The maximum Gasteiger partial charge on any atom is 0.247 e. The third kappa shape index (κ3) is 3.22. The van der Waals surface area contributed by atoms with Crippen LogP contribution in [0.4, 0.5) is 0 Å². The van der Waals surface area contributed by atoms with Gasteiger partial charge in [0.1, 0.15) is 4.21 Å². The molecule has 0 amide bonds. The molecular weight excluding hydrogens is 274 g/mol. The molecule has 0 radical (unpaired) electrons. The Labute approximate surface area is 89.4 Å². The Hall–Kier alpha value is -0.170. The SMILES string of the molecule is NS(=O)(=O)c1ccc(C=CCBr)s1. The Morgan fingerprint density at radius 3 is 2.69 bits per heavy atom. The summed E-state index contributed by atoms with van der Waals surface area (Å²) < 4.78 is 21.9. The van der Waals surface area contributed by atoms with Crippen molar-refractivity contribution in [3.05, 3.63) is 23.1 Å². The van der Waals surface area contributed by atoms with E-state index in [2.05, 4.69) is 15.9 Å². The molecule has 72 valence electrons. The molecule has 3 nitrogen and oxygen atoms in total. The topological polar surface area (TPSA) is 60.2 Å². The second-order valence-electron chi connectivity index (χ2n) is 2.26. The second-order valence-corrected chi connectivity index (χ2v) is 5.81. The van der Waals surface area contributed by atoms with Crippen molar-refractivity contribution < 1.29 is 8.42 Å². The first-order chi connectivity index (χ1) is 6.04. The molecule has 13 heavy (non-hydrogen) atoms. The van der Waals surface area contributed by atoms with Gasteiger partial charge in [0.25, 0.3) is 0 Å². The minimum atomic E-state index is -3.53. The Balaban J connectivity index is 2.94. The number of halogens is 1. The standard InChI is InChI=1S/C7H8BrNO2S2/c8-5-1-2-6-3-4-7(12-6)13(9,10)11/h1-4H,5H2,(H2,9,10,11). The highest BCUT2D eigenvalue weighted by Gasteiger charge is 2.09. The molecule has 0 aliphatic rings. The maximum atomic E-state index is 10.9. The summed E-state index contributed by atoms with van der Waals surface area (Å²) in [6, 6.07) is 3.23. The van der Waals surface area contributed by atoms with E-state index in [1.165, 1.54) is 6.07 Å². The molecule has 0 aromatic carbocycles. The van der Waals surface area contributed by atoms with Crippen LogP contribution in [0.25, 0.3) is 6.08 Å². The summed E-state index contributed by atoms with van der Waals surface area (Å²) in [7, 11) is -3.53. The van der Waals surface area contributed by atoms with Gasteiger partial charge in [-0.15, -0.1) is 11.3 Å². The zero-order chi connectivity index (χ0) is 9.90. The van der Waals surface area contributed by atoms with Crippen LogP contribution in [0, 0.1) is 0 Å². The van der Waals surface area contributed by atoms with Crippen LogP contribution in [0.2, 0.25) is 0 Å². The molecule has 1 aromatic rings. The molecule has 6 heteroatoms. The maximum absolute atomic E-state index is 10.9. The number of alkyl halides is 1. The van der Waals surface area contributed by atoms with E-state index in [9.17, 15) is 8.42 Å². The van der Waals surface area contributed by atoms with Crippen molar-refractivity contribution in [3.63, 3.8) is 0 Å². The molecule has 0 saturated carbocycles. The highest BCUT2D eigenvalue weighted by atomic mass is 79.9. The minimum absolute atomic E-state index is 0.196. The van der Waals surface area contributed by atoms with Crippen LogP contribution in [-0.4, -0.2) is 13.7 Å². The van der Waals surface area contributed by atoms with Crippen molar-refractivity contribution in [2.24, 2.45) is 5.14 Å². The molecule has 0 spiro atoms. The highest BCUT2D eigenvalue weighted by Crippen LogP contribution is 2.21. The van der Waals surface area contributed by atoms with Gasteiger partial charge in [0, 0.05) is 10.2 Å². The first-order valence-electron chi connectivity index (χ1n) is 3.39. The van der Waals surface area contributed by atoms with Gasteiger partial charge in [0.15, 0.2) is 0 Å². The Bertz CT molecular complexity index is 408. The molecule has 0 saturated heterocycles. The quantitative estimate of drug-likeness (QED) is 0.859. The van der Waals surface area contributed by atoms with Crippen molar-refractivity contribution in [2.75, 3.05) is 5.33 Å². The van der Waals surface area contributed by atoms with Gasteiger partial charge in [-0.25, -0.2) is 13.6 Å². The number of allylic oxidation sites excluding steroid dienone is 1. The molecule has 1 aromatic heterocycles. The van der Waals surface area contributed by atoms with Crippen molar-refractivity contribution in [1.29, 1.82) is 0 Å². The van der Waals surface area contributed by atoms with Crippen molar-refractivity contribution >= 4 is 43.4 Å². The number of primary sulfonamides is 1. The molecule has 0 bridgehead atoms. The Morgan fingerprint density at radius 2 is 2.23 bits per heavy atom. The summed E-state index contributed by atoms with van der Waals surface area (Å²) >= 11 is 4.39. The second kappa shape index (κ2) is 4.36. The van der Waals surface area contributed by atoms with Crippen molar-refractivity contribution in [1.82, 2.24) is 0 Å². The number of hydrogen-bond donors (Lipinski definition) is 1. The monoisotopic (exact) mass is 281 g/mol. The van der Waals surface area contributed by atoms with Gasteiger partial charge in [-0.3, -0.25) is 0 Å². The van der Waals surface area contributed by atoms with Crippen LogP contribution in [0.5, 0.6) is 0 Å². The van der Waals surface area contributed by atoms with Gasteiger partial charge >= 0.3 is 0 Å². The number of rotatable bonds is 3. The van der Waals surface area contributed by atoms with Gasteiger partial charge in [0.05, 0.1) is 0 Å². The molecule has 0 atom stereocenters. The van der Waals surface area contributed by atoms with E-state index in [0.29, 0.717) is 0 Å². The molecule has 0 aliphatic heterocycles. The largest absolute Gasteiger partial charge is 0.247 e. The van der Waals surface area contributed by atoms with Crippen LogP contribution in [-0.2, 0) is 10.0 Å². The summed E-state index contributed by atoms with van der Waals surface area (Å²) in [6.45, 7) is 0. The number of sulfonamides is 1. The van der Waals surface area contributed by atoms with E-state index < -0.39 is 10.0 Å². The molecule has 2 N–H and O–H groups in total. The lowest BCUT2D eigenvalue weighted by molar-refractivity contribution is 0.600. The zero-order valence-electron chi connectivity index (χ0n) is 6.60.